The number of aromatic nitrogens is 2. The van der Waals surface area contributed by atoms with Crippen LogP contribution < -0.4 is 16.2 Å². The number of H-pyrrole nitrogens is 1. The summed E-state index contributed by atoms with van der Waals surface area (Å²) in [6.45, 7) is 0. The van der Waals surface area contributed by atoms with Crippen molar-refractivity contribution < 1.29 is 9.15 Å². The van der Waals surface area contributed by atoms with E-state index in [1.807, 2.05) is 0 Å². The van der Waals surface area contributed by atoms with Crippen molar-refractivity contribution in [3.8, 4) is 5.75 Å². The maximum atomic E-state index is 5.54. The lowest BCUT2D eigenvalue weighted by Gasteiger charge is -1.94. The third-order valence-corrected chi connectivity index (χ3v) is 1.55. The van der Waals surface area contributed by atoms with Gasteiger partial charge in [-0.2, -0.15) is 4.98 Å². The van der Waals surface area contributed by atoms with E-state index in [1.54, 1.807) is 0 Å². The highest BCUT2D eigenvalue weighted by atomic mass is 16.5. The molecule has 0 saturated carbocycles. The molecule has 0 saturated heterocycles. The van der Waals surface area contributed by atoms with Crippen LogP contribution in [0.1, 0.15) is 0 Å². The van der Waals surface area contributed by atoms with Crippen LogP contribution in [0.5, 0.6) is 5.75 Å². The van der Waals surface area contributed by atoms with Gasteiger partial charge in [-0.3, -0.25) is 0 Å². The number of hydrogen-bond donors (Lipinski definition) is 3. The zero-order chi connectivity index (χ0) is 8.72. The van der Waals surface area contributed by atoms with Gasteiger partial charge in [0.05, 0.1) is 7.11 Å². The Bertz CT molecular complexity index is 416. The molecule has 2 aromatic rings. The third kappa shape index (κ3) is 0.714. The molecule has 5 N–H and O–H groups in total. The maximum absolute atomic E-state index is 5.54. The van der Waals surface area contributed by atoms with E-state index in [2.05, 4.69) is 9.97 Å². The van der Waals surface area contributed by atoms with Crippen LogP contribution >= 0.6 is 0 Å². The van der Waals surface area contributed by atoms with Gasteiger partial charge in [0.25, 0.3) is 6.01 Å². The van der Waals surface area contributed by atoms with Crippen LogP contribution in [-0.2, 0) is 0 Å². The molecule has 0 fully saturated rings. The maximum Gasteiger partial charge on any atom is 0.294 e. The lowest BCUT2D eigenvalue weighted by molar-refractivity contribution is 0.413. The molecule has 2 aromatic heterocycles. The molecule has 2 heterocycles. The van der Waals surface area contributed by atoms with Crippen molar-refractivity contribution >= 4 is 23.1 Å². The van der Waals surface area contributed by atoms with E-state index in [9.17, 15) is 0 Å². The van der Waals surface area contributed by atoms with E-state index < -0.39 is 0 Å². The Morgan fingerprint density at radius 3 is 2.92 bits per heavy atom. The van der Waals surface area contributed by atoms with E-state index in [0.717, 1.165) is 0 Å². The molecule has 0 bridgehead atoms. The number of ether oxygens (including phenoxy) is 1. The van der Waals surface area contributed by atoms with Crippen molar-refractivity contribution in [2.24, 2.45) is 0 Å². The number of fused-ring (bicyclic) bond motifs is 1. The van der Waals surface area contributed by atoms with Gasteiger partial charge in [0.1, 0.15) is 5.82 Å². The second-order valence-electron chi connectivity index (χ2n) is 2.30. The molecule has 2 rings (SSSR count). The number of nitrogens with zero attached hydrogens (tertiary/aromatic N) is 1. The zero-order valence-electron chi connectivity index (χ0n) is 6.42. The monoisotopic (exact) mass is 168 g/mol. The summed E-state index contributed by atoms with van der Waals surface area (Å²) in [5.41, 5.74) is 11.8. The third-order valence-electron chi connectivity index (χ3n) is 1.55. The van der Waals surface area contributed by atoms with Crippen molar-refractivity contribution in [2.45, 2.75) is 0 Å². The van der Waals surface area contributed by atoms with Gasteiger partial charge in [-0.25, -0.2) is 0 Å². The van der Waals surface area contributed by atoms with Crippen LogP contribution in [0.3, 0.4) is 0 Å². The van der Waals surface area contributed by atoms with E-state index in [-0.39, 0.29) is 6.01 Å². The van der Waals surface area contributed by atoms with E-state index in [0.29, 0.717) is 22.8 Å². The SMILES string of the molecule is COc1c(N)[nH]c2nc(N)oc12. The van der Waals surface area contributed by atoms with Crippen molar-refractivity contribution in [1.29, 1.82) is 0 Å². The topological polar surface area (TPSA) is 103 Å². The van der Waals surface area contributed by atoms with Crippen molar-refractivity contribution in [2.75, 3.05) is 18.6 Å². The number of nitrogens with one attached hydrogen (secondary N) is 1. The number of hydrogen-bond acceptors (Lipinski definition) is 5. The summed E-state index contributed by atoms with van der Waals surface area (Å²) in [7, 11) is 1.50. The van der Waals surface area contributed by atoms with Gasteiger partial charge in [0.15, 0.2) is 5.65 Å². The molecule has 6 heteroatoms. The van der Waals surface area contributed by atoms with Crippen LogP contribution in [0.2, 0.25) is 0 Å². The number of nitrogen functional groups attached to an aromatic ring is 2. The Hall–Kier alpha value is -1.85. The van der Waals surface area contributed by atoms with Crippen molar-refractivity contribution in [3.05, 3.63) is 0 Å². The number of anilines is 2. The smallest absolute Gasteiger partial charge is 0.294 e. The molecule has 0 aliphatic carbocycles. The number of aromatic amines is 1. The number of nitrogens with two attached hydrogens (primary N) is 2. The van der Waals surface area contributed by atoms with Gasteiger partial charge < -0.3 is 25.6 Å². The van der Waals surface area contributed by atoms with Crippen LogP contribution in [0, 0.1) is 0 Å². The van der Waals surface area contributed by atoms with Crippen LogP contribution in [0.4, 0.5) is 11.8 Å². The Balaban J connectivity index is 2.78. The molecule has 6 nitrogen and oxygen atoms in total. The Morgan fingerprint density at radius 2 is 2.25 bits per heavy atom. The lowest BCUT2D eigenvalue weighted by atomic mass is 10.5. The molecule has 64 valence electrons. The minimum Gasteiger partial charge on any atom is -0.490 e. The fourth-order valence-corrected chi connectivity index (χ4v) is 1.08. The molecule has 0 unspecified atom stereocenters. The van der Waals surface area contributed by atoms with Gasteiger partial charge in [0.2, 0.25) is 11.3 Å². The fraction of sp³-hybridized carbons (Fsp3) is 0.167. The summed E-state index contributed by atoms with van der Waals surface area (Å²) < 4.78 is 10.0. The Morgan fingerprint density at radius 1 is 1.50 bits per heavy atom. The second-order valence-corrected chi connectivity index (χ2v) is 2.30. The minimum atomic E-state index is 0.0922. The summed E-state index contributed by atoms with van der Waals surface area (Å²) >= 11 is 0. The quantitative estimate of drug-likeness (QED) is 0.569. The average molecular weight is 168 g/mol. The molecule has 0 amide bonds. The second kappa shape index (κ2) is 2.07. The summed E-state index contributed by atoms with van der Waals surface area (Å²) in [4.78, 5) is 6.60. The summed E-state index contributed by atoms with van der Waals surface area (Å²) in [6.07, 6.45) is 0. The van der Waals surface area contributed by atoms with E-state index in [1.165, 1.54) is 7.11 Å². The van der Waals surface area contributed by atoms with Crippen LogP contribution in [0.15, 0.2) is 4.42 Å². The van der Waals surface area contributed by atoms with Gasteiger partial charge in [-0.15, -0.1) is 0 Å². The standard InChI is InChI=1S/C6H8N4O2/c1-11-2-3-5(9-4(2)7)10-6(8)12-3/h9H,7H2,1H3,(H2,8,10). The van der Waals surface area contributed by atoms with Crippen molar-refractivity contribution in [1.82, 2.24) is 9.97 Å². The molecule has 0 spiro atoms. The van der Waals surface area contributed by atoms with Crippen LogP contribution in [-0.4, -0.2) is 17.1 Å². The highest BCUT2D eigenvalue weighted by Crippen LogP contribution is 2.32. The zero-order valence-corrected chi connectivity index (χ0v) is 6.42. The molecule has 0 atom stereocenters. The number of methoxy groups -OCH3 is 1. The molecule has 0 aromatic carbocycles. The van der Waals surface area contributed by atoms with E-state index in [4.69, 9.17) is 20.6 Å². The summed E-state index contributed by atoms with van der Waals surface area (Å²) in [5.74, 6) is 0.827. The largest absolute Gasteiger partial charge is 0.490 e. The predicted octanol–water partition coefficient (Wildman–Crippen LogP) is 0.329. The fourth-order valence-electron chi connectivity index (χ4n) is 1.08. The van der Waals surface area contributed by atoms with Gasteiger partial charge >= 0.3 is 0 Å². The molecule has 12 heavy (non-hydrogen) atoms. The highest BCUT2D eigenvalue weighted by Gasteiger charge is 2.15. The summed E-state index contributed by atoms with van der Waals surface area (Å²) in [6, 6.07) is 0.0922. The van der Waals surface area contributed by atoms with Crippen LogP contribution in [0.25, 0.3) is 11.2 Å². The van der Waals surface area contributed by atoms with Gasteiger partial charge in [-0.1, -0.05) is 0 Å². The summed E-state index contributed by atoms with van der Waals surface area (Å²) in [5, 5.41) is 0. The van der Waals surface area contributed by atoms with Crippen molar-refractivity contribution in [3.63, 3.8) is 0 Å². The Labute approximate surface area is 67.5 Å². The molecule has 0 aliphatic heterocycles. The first kappa shape index (κ1) is 6.84. The molecular weight excluding hydrogens is 160 g/mol. The normalized spacial score (nSPS) is 10.8. The molecule has 0 aliphatic rings. The first-order chi connectivity index (χ1) is 5.72. The van der Waals surface area contributed by atoms with Gasteiger partial charge in [-0.05, 0) is 0 Å². The van der Waals surface area contributed by atoms with E-state index >= 15 is 0 Å². The number of rotatable bonds is 1. The molecular formula is C6H8N4O2. The first-order valence-corrected chi connectivity index (χ1v) is 3.30. The lowest BCUT2D eigenvalue weighted by Crippen LogP contribution is -1.90. The predicted molar refractivity (Wildman–Crippen MR) is 43.7 cm³/mol. The Kier molecular flexibility index (Phi) is 1.18. The number of oxazole rings is 1. The minimum absolute atomic E-state index is 0.0922. The average Bonchev–Trinajstić information content (AvgIpc) is 2.43. The highest BCUT2D eigenvalue weighted by molar-refractivity contribution is 5.85. The van der Waals surface area contributed by atoms with Gasteiger partial charge in [0, 0.05) is 0 Å². The molecule has 0 radical (unpaired) electrons. The first-order valence-electron chi connectivity index (χ1n) is 3.30.